The molecular formula is C12H21NaO7S. The van der Waals surface area contributed by atoms with Crippen molar-refractivity contribution in [2.45, 2.75) is 26.7 Å². The third-order valence-corrected chi connectivity index (χ3v) is 2.78. The molecule has 0 aliphatic rings. The van der Waals surface area contributed by atoms with E-state index in [1.807, 2.05) is 0 Å². The molecule has 0 bridgehead atoms. The average molecular weight is 332 g/mol. The number of ether oxygens (including phenoxy) is 1. The second kappa shape index (κ2) is 14.5. The molecule has 118 valence electrons. The number of rotatable bonds is 7. The van der Waals surface area contributed by atoms with Crippen molar-refractivity contribution in [3.63, 3.8) is 0 Å². The van der Waals surface area contributed by atoms with Crippen LogP contribution in [0.1, 0.15) is 26.7 Å². The van der Waals surface area contributed by atoms with Gasteiger partial charge in [0.05, 0.1) is 5.92 Å². The summed E-state index contributed by atoms with van der Waals surface area (Å²) in [4.78, 5) is 21.3. The fraction of sp³-hybridized carbons (Fsp3) is 0.583. The van der Waals surface area contributed by atoms with Crippen LogP contribution in [0.4, 0.5) is 0 Å². The van der Waals surface area contributed by atoms with Crippen LogP contribution >= 0.6 is 0 Å². The summed E-state index contributed by atoms with van der Waals surface area (Å²) in [7, 11) is -3.74. The second-order valence-corrected chi connectivity index (χ2v) is 5.29. The fourth-order valence-electron chi connectivity index (χ4n) is 0.913. The average Bonchev–Trinajstić information content (AvgIpc) is 2.28. The van der Waals surface area contributed by atoms with Crippen molar-refractivity contribution in [2.24, 2.45) is 5.92 Å². The Labute approximate surface area is 147 Å². The van der Waals surface area contributed by atoms with Gasteiger partial charge in [-0.1, -0.05) is 13.0 Å². The van der Waals surface area contributed by atoms with Crippen LogP contribution in [-0.2, 0) is 24.4 Å². The maximum atomic E-state index is 10.8. The normalized spacial score (nSPS) is 11.8. The predicted octanol–water partition coefficient (Wildman–Crippen LogP) is -1.68. The predicted molar refractivity (Wildman–Crippen MR) is 73.6 cm³/mol. The van der Waals surface area contributed by atoms with Crippen molar-refractivity contribution in [2.75, 3.05) is 12.4 Å². The molecule has 0 radical (unpaired) electrons. The van der Waals surface area contributed by atoms with Gasteiger partial charge < -0.3 is 16.8 Å². The zero-order valence-corrected chi connectivity index (χ0v) is 15.4. The molecule has 0 saturated heterocycles. The van der Waals surface area contributed by atoms with Crippen molar-refractivity contribution in [1.82, 2.24) is 0 Å². The molecule has 0 heterocycles. The van der Waals surface area contributed by atoms with Crippen LogP contribution in [-0.4, -0.2) is 42.4 Å². The van der Waals surface area contributed by atoms with E-state index in [4.69, 9.17) is 14.4 Å². The molecule has 0 aliphatic carbocycles. The van der Waals surface area contributed by atoms with E-state index >= 15 is 0 Å². The molecule has 0 saturated carbocycles. The number of carboxylic acid groups (broad SMARTS) is 1. The van der Waals surface area contributed by atoms with Gasteiger partial charge in [-0.05, 0) is 13.3 Å². The van der Waals surface area contributed by atoms with Gasteiger partial charge in [0.1, 0.15) is 6.61 Å². The molecule has 0 aromatic heterocycles. The third kappa shape index (κ3) is 19.6. The smallest absolute Gasteiger partial charge is 0.481 e. The summed E-state index contributed by atoms with van der Waals surface area (Å²) in [6.07, 6.45) is 3.48. The molecule has 7 nitrogen and oxygen atoms in total. The molecule has 0 rings (SSSR count). The minimum absolute atomic E-state index is 0. The number of carbonyl (C=O) groups is 2. The number of hydrogen-bond acceptors (Lipinski definition) is 5. The van der Waals surface area contributed by atoms with E-state index in [9.17, 15) is 18.0 Å². The van der Waals surface area contributed by atoms with Crippen molar-refractivity contribution in [1.29, 1.82) is 0 Å². The Kier molecular flexibility index (Phi) is 17.7. The Bertz CT molecular complexity index is 417. The number of carbonyl (C=O) groups excluding carboxylic acids is 1. The Hall–Kier alpha value is -0.410. The van der Waals surface area contributed by atoms with E-state index in [1.54, 1.807) is 19.9 Å². The zero-order valence-electron chi connectivity index (χ0n) is 12.6. The number of aliphatic carboxylic acids is 1. The van der Waals surface area contributed by atoms with Crippen LogP contribution in [0.25, 0.3) is 0 Å². The van der Waals surface area contributed by atoms with Crippen LogP contribution in [0.3, 0.4) is 0 Å². The topological polar surface area (TPSA) is 118 Å². The summed E-state index contributed by atoms with van der Waals surface area (Å²) in [6.45, 7) is 6.60. The number of esters is 1. The van der Waals surface area contributed by atoms with E-state index < -0.39 is 28.0 Å². The monoisotopic (exact) mass is 332 g/mol. The van der Waals surface area contributed by atoms with Gasteiger partial charge in [-0.25, -0.2) is 4.79 Å². The Morgan fingerprint density at radius 1 is 1.38 bits per heavy atom. The van der Waals surface area contributed by atoms with Gasteiger partial charge in [0.15, 0.2) is 0 Å². The largest absolute Gasteiger partial charge is 1.00 e. The first-order valence-electron chi connectivity index (χ1n) is 5.94. The Morgan fingerprint density at radius 3 is 2.14 bits per heavy atom. The summed E-state index contributed by atoms with van der Waals surface area (Å²) in [5.74, 6) is -2.28. The van der Waals surface area contributed by atoms with Crippen molar-refractivity contribution in [3.05, 3.63) is 19.1 Å². The number of carboxylic acids is 1. The molecule has 1 atom stereocenters. The summed E-state index contributed by atoms with van der Waals surface area (Å²) < 4.78 is 32.1. The molecule has 0 amide bonds. The molecular weight excluding hydrogens is 311 g/mol. The summed E-state index contributed by atoms with van der Waals surface area (Å²) >= 11 is 0. The van der Waals surface area contributed by atoms with Gasteiger partial charge in [-0.15, -0.1) is 0 Å². The van der Waals surface area contributed by atoms with E-state index in [2.05, 4.69) is 6.92 Å². The molecule has 2 N–H and O–H groups in total. The zero-order chi connectivity index (χ0) is 16.2. The number of allylic oxidation sites excluding steroid dienone is 1. The van der Waals surface area contributed by atoms with Gasteiger partial charge in [0, 0.05) is 11.8 Å². The standard InChI is InChI=1S/C9H14O4.C3H7O3S.Na/c1-3-5-8(10)13-6-7(4-2)9(11)12;1-2-3-7(4,5)6;/h3,5,7H,4,6H2,1-2H3,(H,11,12);1-3H2,(H,4,5,6);/q;-1;+1. The first kappa shape index (κ1) is 25.5. The van der Waals surface area contributed by atoms with Gasteiger partial charge in [0.2, 0.25) is 0 Å². The minimum atomic E-state index is -3.74. The molecule has 9 heteroatoms. The van der Waals surface area contributed by atoms with Gasteiger partial charge in [0.25, 0.3) is 10.1 Å². The third-order valence-electron chi connectivity index (χ3n) is 1.97. The van der Waals surface area contributed by atoms with Crippen LogP contribution in [0, 0.1) is 12.8 Å². The Morgan fingerprint density at radius 2 is 1.90 bits per heavy atom. The molecule has 0 spiro atoms. The SMILES string of the molecule is CC=CC(=O)OCC(CC)C(=O)O.[CH2-]CCS(=O)(=O)O.[Na+]. The van der Waals surface area contributed by atoms with E-state index in [0.717, 1.165) is 0 Å². The first-order chi connectivity index (χ1) is 9.17. The van der Waals surface area contributed by atoms with E-state index in [1.165, 1.54) is 6.08 Å². The first-order valence-corrected chi connectivity index (χ1v) is 7.55. The van der Waals surface area contributed by atoms with Crippen molar-refractivity contribution in [3.8, 4) is 0 Å². The summed E-state index contributed by atoms with van der Waals surface area (Å²) in [5, 5.41) is 8.61. The fourth-order valence-corrected chi connectivity index (χ4v) is 1.28. The molecule has 0 aromatic carbocycles. The minimum Gasteiger partial charge on any atom is -0.481 e. The van der Waals surface area contributed by atoms with Gasteiger partial charge in [-0.2, -0.15) is 14.8 Å². The van der Waals surface area contributed by atoms with Gasteiger partial charge in [-0.3, -0.25) is 9.35 Å². The van der Waals surface area contributed by atoms with Crippen LogP contribution in [0.15, 0.2) is 12.2 Å². The number of hydrogen-bond donors (Lipinski definition) is 2. The van der Waals surface area contributed by atoms with Crippen molar-refractivity contribution < 1.29 is 62.0 Å². The maximum absolute atomic E-state index is 10.8. The van der Waals surface area contributed by atoms with E-state index in [-0.39, 0.29) is 48.3 Å². The van der Waals surface area contributed by atoms with Crippen LogP contribution in [0.2, 0.25) is 0 Å². The quantitative estimate of drug-likeness (QED) is 0.188. The van der Waals surface area contributed by atoms with Crippen LogP contribution < -0.4 is 29.6 Å². The molecule has 0 aromatic rings. The molecule has 0 aliphatic heterocycles. The van der Waals surface area contributed by atoms with Crippen LogP contribution in [0.5, 0.6) is 0 Å². The molecule has 21 heavy (non-hydrogen) atoms. The molecule has 1 unspecified atom stereocenters. The van der Waals surface area contributed by atoms with Gasteiger partial charge >= 0.3 is 41.5 Å². The Balaban J connectivity index is -0.000000347. The van der Waals surface area contributed by atoms with E-state index in [0.29, 0.717) is 6.42 Å². The van der Waals surface area contributed by atoms with Crippen molar-refractivity contribution >= 4 is 22.1 Å². The molecule has 0 fully saturated rings. The maximum Gasteiger partial charge on any atom is 1.00 e. The second-order valence-electron chi connectivity index (χ2n) is 3.71. The summed E-state index contributed by atoms with van der Waals surface area (Å²) in [5.41, 5.74) is 0. The summed E-state index contributed by atoms with van der Waals surface area (Å²) in [6, 6.07) is 0.